The van der Waals surface area contributed by atoms with Crippen molar-refractivity contribution in [3.8, 4) is 0 Å². The van der Waals surface area contributed by atoms with Gasteiger partial charge in [0.15, 0.2) is 0 Å². The van der Waals surface area contributed by atoms with Gasteiger partial charge in [-0.15, -0.1) is 11.3 Å². The van der Waals surface area contributed by atoms with Gasteiger partial charge in [-0.2, -0.15) is 0 Å². The van der Waals surface area contributed by atoms with Crippen LogP contribution in [0.15, 0.2) is 76.7 Å². The Balaban J connectivity index is 1.50. The number of amides is 1. The number of nitrogens with one attached hydrogen (secondary N) is 2. The first kappa shape index (κ1) is 14.5. The Kier molecular flexibility index (Phi) is 3.76. The maximum absolute atomic E-state index is 12.0. The molecule has 0 atom stereocenters. The van der Waals surface area contributed by atoms with Crippen molar-refractivity contribution in [3.05, 3.63) is 77.2 Å². The molecule has 2 heterocycles. The fraction of sp³-hybridized carbons (Fsp3) is 0. The van der Waals surface area contributed by atoms with Crippen molar-refractivity contribution in [1.29, 1.82) is 0 Å². The minimum atomic E-state index is -0.0890. The number of hydrogen-bond acceptors (Lipinski definition) is 4. The first-order chi connectivity index (χ1) is 11.8. The van der Waals surface area contributed by atoms with Crippen LogP contribution < -0.4 is 10.6 Å². The van der Waals surface area contributed by atoms with Gasteiger partial charge in [-0.25, -0.2) is 0 Å². The molecule has 4 aromatic rings. The third-order valence-corrected chi connectivity index (χ3v) is 4.53. The first-order valence-electron chi connectivity index (χ1n) is 7.48. The second-order valence-corrected chi connectivity index (χ2v) is 6.22. The third-order valence-electron chi connectivity index (χ3n) is 3.66. The number of thiophene rings is 1. The van der Waals surface area contributed by atoms with E-state index in [0.29, 0.717) is 4.88 Å². The van der Waals surface area contributed by atoms with E-state index in [1.165, 1.54) is 11.3 Å². The fourth-order valence-corrected chi connectivity index (χ4v) is 3.11. The van der Waals surface area contributed by atoms with Crippen molar-refractivity contribution in [3.63, 3.8) is 0 Å². The summed E-state index contributed by atoms with van der Waals surface area (Å²) in [6, 6.07) is 19.1. The van der Waals surface area contributed by atoms with E-state index in [1.54, 1.807) is 6.26 Å². The Morgan fingerprint density at radius 2 is 1.75 bits per heavy atom. The second kappa shape index (κ2) is 6.22. The predicted octanol–water partition coefficient (Wildman–Crippen LogP) is 5.49. The molecular weight excluding hydrogens is 320 g/mol. The standard InChI is InChI=1S/C19H14N2O2S/c22-19(18-5-2-12-24-18)21-14-8-6-13(7-9-14)20-16-3-1-4-17-15(16)10-11-23-17/h1-12,20H,(H,21,22). The topological polar surface area (TPSA) is 54.3 Å². The highest BCUT2D eigenvalue weighted by Gasteiger charge is 2.07. The summed E-state index contributed by atoms with van der Waals surface area (Å²) >= 11 is 1.42. The van der Waals surface area contributed by atoms with Crippen LogP contribution in [-0.4, -0.2) is 5.91 Å². The van der Waals surface area contributed by atoms with Crippen LogP contribution in [0.2, 0.25) is 0 Å². The zero-order valence-corrected chi connectivity index (χ0v) is 13.5. The van der Waals surface area contributed by atoms with E-state index in [9.17, 15) is 4.79 Å². The van der Waals surface area contributed by atoms with Crippen LogP contribution in [0.5, 0.6) is 0 Å². The quantitative estimate of drug-likeness (QED) is 0.519. The molecule has 2 aromatic heterocycles. The molecule has 0 fully saturated rings. The van der Waals surface area contributed by atoms with Gasteiger partial charge in [0.05, 0.1) is 11.1 Å². The molecule has 2 aromatic carbocycles. The number of carbonyl (C=O) groups is 1. The smallest absolute Gasteiger partial charge is 0.265 e. The van der Waals surface area contributed by atoms with Crippen molar-refractivity contribution in [2.75, 3.05) is 10.6 Å². The maximum Gasteiger partial charge on any atom is 0.265 e. The Labute approximate surface area is 142 Å². The molecular formula is C19H14N2O2S. The molecule has 118 valence electrons. The largest absolute Gasteiger partial charge is 0.464 e. The van der Waals surface area contributed by atoms with Crippen molar-refractivity contribution >= 4 is 45.3 Å². The molecule has 0 saturated heterocycles. The van der Waals surface area contributed by atoms with Gasteiger partial charge in [-0.05, 0) is 53.9 Å². The molecule has 0 saturated carbocycles. The molecule has 0 bridgehead atoms. The normalized spacial score (nSPS) is 10.7. The summed E-state index contributed by atoms with van der Waals surface area (Å²) in [5, 5.41) is 9.18. The molecule has 1 amide bonds. The first-order valence-corrected chi connectivity index (χ1v) is 8.36. The minimum absolute atomic E-state index is 0.0890. The van der Waals surface area contributed by atoms with Gasteiger partial charge < -0.3 is 15.1 Å². The van der Waals surface area contributed by atoms with Crippen LogP contribution in [0.4, 0.5) is 17.1 Å². The van der Waals surface area contributed by atoms with Crippen molar-refractivity contribution in [1.82, 2.24) is 0 Å². The van der Waals surface area contributed by atoms with E-state index in [1.807, 2.05) is 66.0 Å². The molecule has 4 nitrogen and oxygen atoms in total. The van der Waals surface area contributed by atoms with Gasteiger partial charge in [0.25, 0.3) is 5.91 Å². The average molecular weight is 334 g/mol. The SMILES string of the molecule is O=C(Nc1ccc(Nc2cccc3occc23)cc1)c1cccs1. The molecule has 4 rings (SSSR count). The van der Waals surface area contributed by atoms with Crippen LogP contribution in [0.3, 0.4) is 0 Å². The lowest BCUT2D eigenvalue weighted by molar-refractivity contribution is 0.103. The van der Waals surface area contributed by atoms with Crippen LogP contribution >= 0.6 is 11.3 Å². The summed E-state index contributed by atoms with van der Waals surface area (Å²) in [6.07, 6.45) is 1.68. The fourth-order valence-electron chi connectivity index (χ4n) is 2.50. The maximum atomic E-state index is 12.0. The summed E-state index contributed by atoms with van der Waals surface area (Å²) in [6.45, 7) is 0. The molecule has 24 heavy (non-hydrogen) atoms. The van der Waals surface area contributed by atoms with Gasteiger partial charge in [-0.3, -0.25) is 4.79 Å². The van der Waals surface area contributed by atoms with Crippen LogP contribution in [0, 0.1) is 0 Å². The van der Waals surface area contributed by atoms with E-state index < -0.39 is 0 Å². The van der Waals surface area contributed by atoms with Crippen LogP contribution in [0.1, 0.15) is 9.67 Å². The molecule has 0 radical (unpaired) electrons. The van der Waals surface area contributed by atoms with Crippen molar-refractivity contribution in [2.24, 2.45) is 0 Å². The lowest BCUT2D eigenvalue weighted by atomic mass is 10.2. The molecule has 2 N–H and O–H groups in total. The second-order valence-electron chi connectivity index (χ2n) is 5.27. The molecule has 0 aliphatic rings. The van der Waals surface area contributed by atoms with E-state index in [-0.39, 0.29) is 5.91 Å². The Morgan fingerprint density at radius 3 is 2.54 bits per heavy atom. The average Bonchev–Trinajstić information content (AvgIpc) is 3.28. The van der Waals surface area contributed by atoms with Crippen molar-refractivity contribution < 1.29 is 9.21 Å². The number of fused-ring (bicyclic) bond motifs is 1. The summed E-state index contributed by atoms with van der Waals surface area (Å²) in [5.74, 6) is -0.0890. The summed E-state index contributed by atoms with van der Waals surface area (Å²) < 4.78 is 5.41. The van der Waals surface area contributed by atoms with Gasteiger partial charge >= 0.3 is 0 Å². The predicted molar refractivity (Wildman–Crippen MR) is 98.2 cm³/mol. The van der Waals surface area contributed by atoms with E-state index in [0.717, 1.165) is 28.0 Å². The van der Waals surface area contributed by atoms with Gasteiger partial charge in [0.1, 0.15) is 5.58 Å². The van der Waals surface area contributed by atoms with Gasteiger partial charge in [0.2, 0.25) is 0 Å². The molecule has 0 spiro atoms. The highest BCUT2D eigenvalue weighted by molar-refractivity contribution is 7.12. The van der Waals surface area contributed by atoms with E-state index >= 15 is 0 Å². The summed E-state index contributed by atoms with van der Waals surface area (Å²) in [5.41, 5.74) is 3.54. The Bertz CT molecular complexity index is 972. The highest BCUT2D eigenvalue weighted by Crippen LogP contribution is 2.27. The van der Waals surface area contributed by atoms with Gasteiger partial charge in [0, 0.05) is 22.4 Å². The molecule has 0 aliphatic carbocycles. The third kappa shape index (κ3) is 2.89. The van der Waals surface area contributed by atoms with Gasteiger partial charge in [-0.1, -0.05) is 12.1 Å². The number of furan rings is 1. The highest BCUT2D eigenvalue weighted by atomic mass is 32.1. The number of hydrogen-bond donors (Lipinski definition) is 2. The van der Waals surface area contributed by atoms with Crippen LogP contribution in [-0.2, 0) is 0 Å². The van der Waals surface area contributed by atoms with E-state index in [4.69, 9.17) is 4.42 Å². The monoisotopic (exact) mass is 334 g/mol. The number of benzene rings is 2. The molecule has 5 heteroatoms. The number of rotatable bonds is 4. The zero-order chi connectivity index (χ0) is 16.4. The zero-order valence-electron chi connectivity index (χ0n) is 12.7. The molecule has 0 unspecified atom stereocenters. The Hall–Kier alpha value is -3.05. The lowest BCUT2D eigenvalue weighted by Crippen LogP contribution is -2.09. The summed E-state index contributed by atoms with van der Waals surface area (Å²) in [7, 11) is 0. The van der Waals surface area contributed by atoms with Crippen molar-refractivity contribution in [2.45, 2.75) is 0 Å². The molecule has 0 aliphatic heterocycles. The minimum Gasteiger partial charge on any atom is -0.464 e. The Morgan fingerprint density at radius 1 is 0.917 bits per heavy atom. The number of anilines is 3. The van der Waals surface area contributed by atoms with Crippen LogP contribution in [0.25, 0.3) is 11.0 Å². The summed E-state index contributed by atoms with van der Waals surface area (Å²) in [4.78, 5) is 12.7. The van der Waals surface area contributed by atoms with E-state index in [2.05, 4.69) is 10.6 Å². The number of carbonyl (C=O) groups excluding carboxylic acids is 1. The lowest BCUT2D eigenvalue weighted by Gasteiger charge is -2.09.